The van der Waals surface area contributed by atoms with Gasteiger partial charge in [0.15, 0.2) is 0 Å². The van der Waals surface area contributed by atoms with Crippen LogP contribution in [0.15, 0.2) is 42.5 Å². The summed E-state index contributed by atoms with van der Waals surface area (Å²) in [7, 11) is -0.517. The molecular formula is C20H25ClN2O4S. The van der Waals surface area contributed by atoms with Crippen molar-refractivity contribution in [1.82, 2.24) is 4.90 Å². The first-order chi connectivity index (χ1) is 13.1. The summed E-state index contributed by atoms with van der Waals surface area (Å²) < 4.78 is 31.5. The van der Waals surface area contributed by atoms with Gasteiger partial charge in [-0.1, -0.05) is 35.9 Å². The van der Waals surface area contributed by atoms with Crippen LogP contribution in [0.1, 0.15) is 18.1 Å². The van der Waals surface area contributed by atoms with E-state index in [1.165, 1.54) is 4.90 Å². The highest BCUT2D eigenvalue weighted by Gasteiger charge is 2.32. The third-order valence-corrected chi connectivity index (χ3v) is 5.91. The van der Waals surface area contributed by atoms with Crippen LogP contribution in [0.4, 0.5) is 5.69 Å². The molecule has 0 radical (unpaired) electrons. The van der Waals surface area contributed by atoms with E-state index in [4.69, 9.17) is 16.3 Å². The second-order valence-corrected chi connectivity index (χ2v) is 8.97. The van der Waals surface area contributed by atoms with E-state index in [2.05, 4.69) is 0 Å². The summed E-state index contributed by atoms with van der Waals surface area (Å²) >= 11 is 6.07. The Bertz CT molecular complexity index is 962. The maximum Gasteiger partial charge on any atom is 0.246 e. The molecule has 0 aliphatic rings. The van der Waals surface area contributed by atoms with Gasteiger partial charge in [0.05, 0.1) is 19.1 Å². The van der Waals surface area contributed by atoms with E-state index in [1.54, 1.807) is 46.2 Å². The Morgan fingerprint density at radius 1 is 1.21 bits per heavy atom. The zero-order chi connectivity index (χ0) is 21.1. The number of nitrogens with zero attached hydrogens (tertiary/aromatic N) is 2. The maximum absolute atomic E-state index is 13.1. The van der Waals surface area contributed by atoms with E-state index < -0.39 is 16.1 Å². The van der Waals surface area contributed by atoms with Crippen molar-refractivity contribution in [1.29, 1.82) is 0 Å². The van der Waals surface area contributed by atoms with Gasteiger partial charge in [-0.3, -0.25) is 9.10 Å². The minimum Gasteiger partial charge on any atom is -0.496 e. The van der Waals surface area contributed by atoms with Gasteiger partial charge in [-0.15, -0.1) is 0 Å². The third-order valence-electron chi connectivity index (χ3n) is 4.45. The standard InChI is InChI=1S/C20H25ClN2O4S/c1-14-10-11-17(21)12-18(14)23(28(5,25)26)15(2)20(24)22(3)13-16-8-6-7-9-19(16)27-4/h6-12,15H,13H2,1-5H3/t15-/m1/s1. The van der Waals surface area contributed by atoms with Crippen LogP contribution in [0.25, 0.3) is 0 Å². The number of carbonyl (C=O) groups excluding carboxylic acids is 1. The number of methoxy groups -OCH3 is 1. The van der Waals surface area contributed by atoms with Gasteiger partial charge in [-0.25, -0.2) is 8.42 Å². The molecule has 0 aromatic heterocycles. The fourth-order valence-corrected chi connectivity index (χ4v) is 4.47. The molecule has 2 rings (SSSR count). The molecule has 0 spiro atoms. The molecule has 0 aliphatic heterocycles. The quantitative estimate of drug-likeness (QED) is 0.682. The molecule has 8 heteroatoms. The van der Waals surface area contributed by atoms with E-state index in [0.29, 0.717) is 28.6 Å². The maximum atomic E-state index is 13.1. The van der Waals surface area contributed by atoms with Crippen molar-refractivity contribution in [2.75, 3.05) is 24.7 Å². The fourth-order valence-electron chi connectivity index (χ4n) is 3.08. The lowest BCUT2D eigenvalue weighted by Crippen LogP contribution is -2.48. The molecule has 2 aromatic rings. The number of halogens is 1. The van der Waals surface area contributed by atoms with Gasteiger partial charge in [0.25, 0.3) is 0 Å². The van der Waals surface area contributed by atoms with Crippen LogP contribution in [-0.4, -0.2) is 45.7 Å². The predicted molar refractivity (Wildman–Crippen MR) is 112 cm³/mol. The second kappa shape index (κ2) is 8.84. The van der Waals surface area contributed by atoms with Gasteiger partial charge in [0.2, 0.25) is 15.9 Å². The molecule has 0 N–H and O–H groups in total. The molecule has 6 nitrogen and oxygen atoms in total. The highest BCUT2D eigenvalue weighted by Crippen LogP contribution is 2.29. The monoisotopic (exact) mass is 424 g/mol. The number of ether oxygens (including phenoxy) is 1. The molecule has 0 unspecified atom stereocenters. The molecule has 0 saturated carbocycles. The zero-order valence-electron chi connectivity index (χ0n) is 16.6. The zero-order valence-corrected chi connectivity index (χ0v) is 18.2. The fraction of sp³-hybridized carbons (Fsp3) is 0.350. The Morgan fingerprint density at radius 2 is 1.86 bits per heavy atom. The predicted octanol–water partition coefficient (Wildman–Crippen LogP) is 3.47. The van der Waals surface area contributed by atoms with Crippen LogP contribution in [0.2, 0.25) is 5.02 Å². The molecule has 152 valence electrons. The molecule has 0 heterocycles. The molecule has 28 heavy (non-hydrogen) atoms. The van der Waals surface area contributed by atoms with Crippen molar-refractivity contribution in [3.63, 3.8) is 0 Å². The van der Waals surface area contributed by atoms with Crippen LogP contribution >= 0.6 is 11.6 Å². The van der Waals surface area contributed by atoms with E-state index in [1.807, 2.05) is 24.3 Å². The number of benzene rings is 2. The summed E-state index contributed by atoms with van der Waals surface area (Å²) in [5.41, 5.74) is 1.93. The molecule has 0 bridgehead atoms. The van der Waals surface area contributed by atoms with Crippen molar-refractivity contribution in [2.24, 2.45) is 0 Å². The molecule has 1 atom stereocenters. The van der Waals surface area contributed by atoms with E-state index in [9.17, 15) is 13.2 Å². The smallest absolute Gasteiger partial charge is 0.246 e. The lowest BCUT2D eigenvalue weighted by molar-refractivity contribution is -0.131. The Morgan fingerprint density at radius 3 is 2.46 bits per heavy atom. The Hall–Kier alpha value is -2.25. The number of carbonyl (C=O) groups is 1. The molecule has 0 fully saturated rings. The average Bonchev–Trinajstić information content (AvgIpc) is 2.63. The second-order valence-electron chi connectivity index (χ2n) is 6.67. The highest BCUT2D eigenvalue weighted by molar-refractivity contribution is 7.92. The lowest BCUT2D eigenvalue weighted by atomic mass is 10.1. The number of para-hydroxylation sites is 1. The van der Waals surface area contributed by atoms with E-state index >= 15 is 0 Å². The number of hydrogen-bond donors (Lipinski definition) is 0. The van der Waals surface area contributed by atoms with Gasteiger partial charge >= 0.3 is 0 Å². The molecule has 0 aliphatic carbocycles. The number of hydrogen-bond acceptors (Lipinski definition) is 4. The Balaban J connectivity index is 2.35. The topological polar surface area (TPSA) is 66.9 Å². The number of rotatable bonds is 7. The van der Waals surface area contributed by atoms with Gasteiger partial charge in [0, 0.05) is 24.2 Å². The van der Waals surface area contributed by atoms with Crippen molar-refractivity contribution >= 4 is 33.2 Å². The minimum atomic E-state index is -3.72. The molecular weight excluding hydrogens is 400 g/mol. The summed E-state index contributed by atoms with van der Waals surface area (Å²) in [5, 5.41) is 0.399. The van der Waals surface area contributed by atoms with Crippen LogP contribution in [-0.2, 0) is 21.4 Å². The first-order valence-corrected chi connectivity index (χ1v) is 10.9. The van der Waals surface area contributed by atoms with E-state index in [0.717, 1.165) is 16.1 Å². The normalized spacial score (nSPS) is 12.4. The summed E-state index contributed by atoms with van der Waals surface area (Å²) in [6, 6.07) is 11.4. The minimum absolute atomic E-state index is 0.291. The van der Waals surface area contributed by atoms with Crippen molar-refractivity contribution in [3.8, 4) is 5.75 Å². The summed E-state index contributed by atoms with van der Waals surface area (Å²) in [6.07, 6.45) is 1.08. The molecule has 2 aromatic carbocycles. The first-order valence-electron chi connectivity index (χ1n) is 8.68. The van der Waals surface area contributed by atoms with Crippen LogP contribution in [0, 0.1) is 6.92 Å². The number of likely N-dealkylation sites (N-methyl/N-ethyl adjacent to an activating group) is 1. The number of anilines is 1. The summed E-state index contributed by atoms with van der Waals surface area (Å²) in [6.45, 7) is 3.64. The third kappa shape index (κ3) is 4.97. The number of amides is 1. The van der Waals surface area contributed by atoms with Crippen molar-refractivity contribution in [3.05, 3.63) is 58.6 Å². The van der Waals surface area contributed by atoms with Gasteiger partial charge < -0.3 is 9.64 Å². The highest BCUT2D eigenvalue weighted by atomic mass is 35.5. The van der Waals surface area contributed by atoms with Crippen LogP contribution in [0.5, 0.6) is 5.75 Å². The number of sulfonamides is 1. The SMILES string of the molecule is COc1ccccc1CN(C)C(=O)[C@@H](C)N(c1cc(Cl)ccc1C)S(C)(=O)=O. The van der Waals surface area contributed by atoms with Gasteiger partial charge in [-0.05, 0) is 37.6 Å². The molecule has 1 amide bonds. The first kappa shape index (κ1) is 22.0. The molecule has 0 saturated heterocycles. The van der Waals surface area contributed by atoms with E-state index in [-0.39, 0.29) is 5.91 Å². The number of aryl methyl sites for hydroxylation is 1. The van der Waals surface area contributed by atoms with Crippen LogP contribution in [0.3, 0.4) is 0 Å². The van der Waals surface area contributed by atoms with Crippen LogP contribution < -0.4 is 9.04 Å². The van der Waals surface area contributed by atoms with Crippen molar-refractivity contribution < 1.29 is 17.9 Å². The Kier molecular flexibility index (Phi) is 6.96. The lowest BCUT2D eigenvalue weighted by Gasteiger charge is -2.32. The largest absolute Gasteiger partial charge is 0.496 e. The average molecular weight is 425 g/mol. The van der Waals surface area contributed by atoms with Gasteiger partial charge in [-0.2, -0.15) is 0 Å². The van der Waals surface area contributed by atoms with Gasteiger partial charge in [0.1, 0.15) is 11.8 Å². The summed E-state index contributed by atoms with van der Waals surface area (Å²) in [5.74, 6) is 0.330. The summed E-state index contributed by atoms with van der Waals surface area (Å²) in [4.78, 5) is 14.5. The Labute approximate surface area is 171 Å². The van der Waals surface area contributed by atoms with Crippen molar-refractivity contribution in [2.45, 2.75) is 26.4 Å².